The lowest BCUT2D eigenvalue weighted by atomic mass is 10.2. The van der Waals surface area contributed by atoms with E-state index in [0.717, 1.165) is 0 Å². The Bertz CT molecular complexity index is 1140. The second kappa shape index (κ2) is 9.15. The Kier molecular flexibility index (Phi) is 6.60. The zero-order valence-electron chi connectivity index (χ0n) is 16.0. The van der Waals surface area contributed by atoms with Crippen LogP contribution in [0.2, 0.25) is 0 Å². The Hall–Kier alpha value is -2.78. The van der Waals surface area contributed by atoms with E-state index in [1.54, 1.807) is 61.5 Å². The number of nitrogens with zero attached hydrogens (tertiary/aromatic N) is 2. The molecule has 0 spiro atoms. The first-order chi connectivity index (χ1) is 14.0. The lowest BCUT2D eigenvalue weighted by Gasteiger charge is -2.09. The normalized spacial score (nSPS) is 12.1. The molecule has 0 bridgehead atoms. The van der Waals surface area contributed by atoms with Gasteiger partial charge in [-0.2, -0.15) is 0 Å². The van der Waals surface area contributed by atoms with Crippen molar-refractivity contribution in [2.24, 2.45) is 4.99 Å². The van der Waals surface area contributed by atoms with Crippen molar-refractivity contribution in [3.8, 4) is 0 Å². The van der Waals surface area contributed by atoms with Gasteiger partial charge in [0.15, 0.2) is 5.17 Å². The van der Waals surface area contributed by atoms with E-state index < -0.39 is 16.1 Å². The fourth-order valence-corrected chi connectivity index (χ4v) is 4.70. The molecule has 0 saturated heterocycles. The molecular weight excluding hydrogens is 410 g/mol. The smallest absolute Gasteiger partial charge is 0.413 e. The second-order valence-corrected chi connectivity index (χ2v) is 8.90. The molecule has 0 saturated carbocycles. The lowest BCUT2D eigenvalue weighted by Crippen LogP contribution is -2.29. The number of benzene rings is 2. The van der Waals surface area contributed by atoms with Crippen LogP contribution in [-0.2, 0) is 14.8 Å². The van der Waals surface area contributed by atoms with E-state index in [9.17, 15) is 13.2 Å². The van der Waals surface area contributed by atoms with Gasteiger partial charge in [0, 0.05) is 11.6 Å². The molecule has 1 amide bonds. The van der Waals surface area contributed by atoms with Crippen LogP contribution in [-0.4, -0.2) is 36.0 Å². The van der Waals surface area contributed by atoms with Gasteiger partial charge in [0.25, 0.3) is 10.0 Å². The Labute approximate surface area is 173 Å². The molecule has 7 nitrogen and oxygen atoms in total. The van der Waals surface area contributed by atoms with Crippen molar-refractivity contribution in [1.29, 1.82) is 0 Å². The minimum Gasteiger partial charge on any atom is -0.450 e. The first-order valence-corrected chi connectivity index (χ1v) is 11.5. The van der Waals surface area contributed by atoms with E-state index >= 15 is 0 Å². The zero-order valence-corrected chi connectivity index (χ0v) is 17.7. The van der Waals surface area contributed by atoms with E-state index in [1.807, 2.05) is 6.92 Å². The fraction of sp³-hybridized carbons (Fsp3) is 0.200. The third-order valence-corrected chi connectivity index (χ3v) is 6.42. The molecule has 0 aliphatic rings. The van der Waals surface area contributed by atoms with Crippen molar-refractivity contribution >= 4 is 49.6 Å². The van der Waals surface area contributed by atoms with Gasteiger partial charge in [0.05, 0.1) is 22.7 Å². The van der Waals surface area contributed by atoms with Gasteiger partial charge >= 0.3 is 6.09 Å². The number of rotatable bonds is 5. The van der Waals surface area contributed by atoms with Crippen LogP contribution in [0.5, 0.6) is 0 Å². The van der Waals surface area contributed by atoms with E-state index in [2.05, 4.69) is 10.3 Å². The number of ether oxygens (including phenoxy) is 1. The van der Waals surface area contributed by atoms with E-state index in [0.29, 0.717) is 27.5 Å². The first-order valence-electron chi connectivity index (χ1n) is 9.03. The van der Waals surface area contributed by atoms with Gasteiger partial charge in [-0.3, -0.25) is 5.32 Å². The average Bonchev–Trinajstić information content (AvgIpc) is 3.15. The Morgan fingerprint density at radius 1 is 1.10 bits per heavy atom. The van der Waals surface area contributed by atoms with E-state index in [1.165, 1.54) is 21.9 Å². The van der Waals surface area contributed by atoms with Gasteiger partial charge < -0.3 is 4.74 Å². The van der Waals surface area contributed by atoms with Gasteiger partial charge in [0.2, 0.25) is 0 Å². The molecule has 1 heterocycles. The molecule has 3 aromatic rings. The number of carbonyl (C=O) groups is 1. The molecule has 0 aliphatic carbocycles. The average molecular weight is 432 g/mol. The minimum atomic E-state index is -3.73. The highest BCUT2D eigenvalue weighted by Gasteiger charge is 2.19. The summed E-state index contributed by atoms with van der Waals surface area (Å²) in [6.07, 6.45) is 0.931. The van der Waals surface area contributed by atoms with Crippen molar-refractivity contribution in [2.45, 2.75) is 18.7 Å². The number of hydrogen-bond donors (Lipinski definition) is 1. The molecule has 1 aromatic heterocycles. The van der Waals surface area contributed by atoms with E-state index in [4.69, 9.17) is 4.74 Å². The van der Waals surface area contributed by atoms with Crippen LogP contribution in [0.25, 0.3) is 10.9 Å². The summed E-state index contributed by atoms with van der Waals surface area (Å²) in [6, 6.07) is 15.2. The molecule has 29 heavy (non-hydrogen) atoms. The summed E-state index contributed by atoms with van der Waals surface area (Å²) in [4.78, 5) is 16.5. The van der Waals surface area contributed by atoms with E-state index in [-0.39, 0.29) is 11.5 Å². The van der Waals surface area contributed by atoms with Gasteiger partial charge in [0.1, 0.15) is 0 Å². The highest BCUT2D eigenvalue weighted by molar-refractivity contribution is 8.13. The summed E-state index contributed by atoms with van der Waals surface area (Å²) in [6.45, 7) is 3.92. The maximum Gasteiger partial charge on any atom is 0.413 e. The fourth-order valence-electron chi connectivity index (χ4n) is 2.74. The third-order valence-electron chi connectivity index (χ3n) is 3.96. The molecule has 0 radical (unpaired) electrons. The topological polar surface area (TPSA) is 89.8 Å². The molecule has 152 valence electrons. The minimum absolute atomic E-state index is 0.206. The Morgan fingerprint density at radius 3 is 2.55 bits per heavy atom. The van der Waals surface area contributed by atoms with Crippen molar-refractivity contribution in [3.05, 3.63) is 60.8 Å². The van der Waals surface area contributed by atoms with Crippen molar-refractivity contribution in [3.63, 3.8) is 0 Å². The van der Waals surface area contributed by atoms with Crippen LogP contribution < -0.4 is 5.32 Å². The van der Waals surface area contributed by atoms with Crippen molar-refractivity contribution < 1.29 is 17.9 Å². The number of nitrogens with one attached hydrogen (secondary N) is 1. The predicted molar refractivity (Wildman–Crippen MR) is 116 cm³/mol. The van der Waals surface area contributed by atoms with Crippen LogP contribution in [0.1, 0.15) is 13.8 Å². The maximum absolute atomic E-state index is 13.0. The van der Waals surface area contributed by atoms with Crippen LogP contribution in [0.15, 0.2) is 70.7 Å². The number of amides is 1. The maximum atomic E-state index is 13.0. The Morgan fingerprint density at radius 2 is 1.86 bits per heavy atom. The SMILES string of the molecule is CCOC(=O)NC(=Nc1cccc2c1ccn2S(=O)(=O)c1ccccc1)SCC. The monoisotopic (exact) mass is 431 g/mol. The number of carbonyl (C=O) groups excluding carboxylic acids is 1. The summed E-state index contributed by atoms with van der Waals surface area (Å²) < 4.78 is 32.2. The summed E-state index contributed by atoms with van der Waals surface area (Å²) >= 11 is 1.36. The number of hydrogen-bond acceptors (Lipinski definition) is 6. The molecule has 1 N–H and O–H groups in total. The first kappa shape index (κ1) is 20.9. The highest BCUT2D eigenvalue weighted by atomic mass is 32.2. The molecular formula is C20H21N3O4S2. The second-order valence-electron chi connectivity index (χ2n) is 5.84. The van der Waals surface area contributed by atoms with Gasteiger partial charge in [-0.15, -0.1) is 0 Å². The molecule has 3 rings (SSSR count). The summed E-state index contributed by atoms with van der Waals surface area (Å²) in [5.74, 6) is 0.699. The molecule has 0 unspecified atom stereocenters. The van der Waals surface area contributed by atoms with Crippen LogP contribution in [0, 0.1) is 0 Å². The predicted octanol–water partition coefficient (Wildman–Crippen LogP) is 4.37. The summed E-state index contributed by atoms with van der Waals surface area (Å²) in [7, 11) is -3.73. The standard InChI is InChI=1S/C20H21N3O4S2/c1-3-27-20(24)22-19(28-4-2)21-17-11-8-12-18-16(17)13-14-23(18)29(25,26)15-9-6-5-7-10-15/h5-14H,3-4H2,1-2H3,(H,21,22,24). The van der Waals surface area contributed by atoms with Crippen LogP contribution in [0.4, 0.5) is 10.5 Å². The quantitative estimate of drug-likeness (QED) is 0.479. The number of fused-ring (bicyclic) bond motifs is 1. The lowest BCUT2D eigenvalue weighted by molar-refractivity contribution is 0.158. The largest absolute Gasteiger partial charge is 0.450 e. The Balaban J connectivity index is 2.05. The third kappa shape index (κ3) is 4.63. The molecule has 2 aromatic carbocycles. The zero-order chi connectivity index (χ0) is 20.9. The van der Waals surface area contributed by atoms with Crippen LogP contribution in [0.3, 0.4) is 0 Å². The molecule has 9 heteroatoms. The number of aromatic nitrogens is 1. The highest BCUT2D eigenvalue weighted by Crippen LogP contribution is 2.30. The van der Waals surface area contributed by atoms with Crippen molar-refractivity contribution in [1.82, 2.24) is 9.29 Å². The van der Waals surface area contributed by atoms with Crippen molar-refractivity contribution in [2.75, 3.05) is 12.4 Å². The number of thioether (sulfide) groups is 1. The summed E-state index contributed by atoms with van der Waals surface area (Å²) in [5, 5.41) is 3.67. The molecule has 0 fully saturated rings. The van der Waals surface area contributed by atoms with Gasteiger partial charge in [-0.1, -0.05) is 43.0 Å². The number of aliphatic imine (C=N–C) groups is 1. The number of amidine groups is 1. The summed E-state index contributed by atoms with van der Waals surface area (Å²) in [5.41, 5.74) is 1.06. The molecule has 0 aliphatic heterocycles. The number of alkyl carbamates (subject to hydrolysis) is 1. The van der Waals surface area contributed by atoms with Gasteiger partial charge in [-0.05, 0) is 43.0 Å². The van der Waals surface area contributed by atoms with Crippen LogP contribution >= 0.6 is 11.8 Å². The molecule has 0 atom stereocenters. The van der Waals surface area contributed by atoms with Gasteiger partial charge in [-0.25, -0.2) is 22.2 Å².